The largest absolute Gasteiger partial charge is 0.497 e. The Morgan fingerprint density at radius 3 is 2.59 bits per heavy atom. The number of nitrogens with zero attached hydrogens (tertiary/aromatic N) is 1. The molecule has 0 atom stereocenters. The minimum absolute atomic E-state index is 0.703. The summed E-state index contributed by atoms with van der Waals surface area (Å²) in [7, 11) is 1.68. The van der Waals surface area contributed by atoms with Gasteiger partial charge in [-0.15, -0.1) is 0 Å². The van der Waals surface area contributed by atoms with E-state index in [0.29, 0.717) is 5.92 Å². The fourth-order valence-corrected chi connectivity index (χ4v) is 2.17. The lowest BCUT2D eigenvalue weighted by Crippen LogP contribution is -2.08. The zero-order valence-corrected chi connectivity index (χ0v) is 9.94. The molecule has 1 aromatic carbocycles. The van der Waals surface area contributed by atoms with E-state index in [-0.39, 0.29) is 0 Å². The molecule has 17 heavy (non-hydrogen) atoms. The van der Waals surface area contributed by atoms with Gasteiger partial charge in [0.15, 0.2) is 0 Å². The minimum atomic E-state index is 0.703. The third-order valence-electron chi connectivity index (χ3n) is 3.53. The first-order valence-electron chi connectivity index (χ1n) is 6.06. The molecule has 0 aliphatic heterocycles. The van der Waals surface area contributed by atoms with Crippen molar-refractivity contribution >= 4 is 0 Å². The topological polar surface area (TPSA) is 37.9 Å². The van der Waals surface area contributed by atoms with E-state index in [2.05, 4.69) is 16.3 Å². The number of benzene rings is 1. The summed E-state index contributed by atoms with van der Waals surface area (Å²) in [5, 5.41) is 7.53. The summed E-state index contributed by atoms with van der Waals surface area (Å²) in [4.78, 5) is 0. The first-order chi connectivity index (χ1) is 8.36. The Kier molecular flexibility index (Phi) is 2.59. The third kappa shape index (κ3) is 1.93. The maximum Gasteiger partial charge on any atom is 0.118 e. The van der Waals surface area contributed by atoms with Gasteiger partial charge in [0.1, 0.15) is 5.75 Å². The smallest absolute Gasteiger partial charge is 0.118 e. The highest BCUT2D eigenvalue weighted by Crippen LogP contribution is 2.36. The van der Waals surface area contributed by atoms with E-state index in [4.69, 9.17) is 4.74 Å². The van der Waals surface area contributed by atoms with Gasteiger partial charge in [0.25, 0.3) is 0 Å². The van der Waals surface area contributed by atoms with Crippen molar-refractivity contribution in [1.82, 2.24) is 10.2 Å². The molecular weight excluding hydrogens is 212 g/mol. The van der Waals surface area contributed by atoms with Crippen molar-refractivity contribution in [3.05, 3.63) is 36.0 Å². The Bertz CT molecular complexity index is 497. The highest BCUT2D eigenvalue weighted by atomic mass is 16.5. The number of aromatic nitrogens is 2. The van der Waals surface area contributed by atoms with Crippen molar-refractivity contribution in [2.45, 2.75) is 25.2 Å². The molecule has 1 heterocycles. The molecule has 1 aliphatic rings. The van der Waals surface area contributed by atoms with Crippen LogP contribution in [0, 0.1) is 0 Å². The van der Waals surface area contributed by atoms with Gasteiger partial charge in [0, 0.05) is 17.2 Å². The Morgan fingerprint density at radius 2 is 2.00 bits per heavy atom. The summed E-state index contributed by atoms with van der Waals surface area (Å²) in [6.45, 7) is 0. The van der Waals surface area contributed by atoms with Crippen LogP contribution in [0.15, 0.2) is 30.3 Å². The van der Waals surface area contributed by atoms with Crippen molar-refractivity contribution in [3.63, 3.8) is 0 Å². The Hall–Kier alpha value is -1.77. The average molecular weight is 228 g/mol. The molecule has 1 aliphatic carbocycles. The van der Waals surface area contributed by atoms with E-state index in [1.54, 1.807) is 7.11 Å². The van der Waals surface area contributed by atoms with Gasteiger partial charge < -0.3 is 4.74 Å². The SMILES string of the molecule is COc1ccc(-c2cc(C3CCC3)[nH]n2)cc1. The van der Waals surface area contributed by atoms with E-state index < -0.39 is 0 Å². The van der Waals surface area contributed by atoms with Gasteiger partial charge in [-0.3, -0.25) is 5.10 Å². The lowest BCUT2D eigenvalue weighted by atomic mass is 9.83. The van der Waals surface area contributed by atoms with E-state index in [1.165, 1.54) is 25.0 Å². The fourth-order valence-electron chi connectivity index (χ4n) is 2.17. The van der Waals surface area contributed by atoms with Crippen molar-refractivity contribution in [2.24, 2.45) is 0 Å². The van der Waals surface area contributed by atoms with Crippen LogP contribution in [0.25, 0.3) is 11.3 Å². The maximum absolute atomic E-state index is 5.15. The second-order valence-electron chi connectivity index (χ2n) is 4.56. The molecule has 0 radical (unpaired) electrons. The predicted octanol–water partition coefficient (Wildman–Crippen LogP) is 3.35. The number of aromatic amines is 1. The number of hydrogen-bond acceptors (Lipinski definition) is 2. The molecule has 1 fully saturated rings. The number of methoxy groups -OCH3 is 1. The molecule has 88 valence electrons. The standard InChI is InChI=1S/C14H16N2O/c1-17-12-7-5-11(6-8-12)14-9-13(15-16-14)10-3-2-4-10/h5-10H,2-4H2,1H3,(H,15,16). The van der Waals surface area contributed by atoms with Crippen LogP contribution in [0.4, 0.5) is 0 Å². The van der Waals surface area contributed by atoms with E-state index >= 15 is 0 Å². The van der Waals surface area contributed by atoms with Crippen LogP contribution in [-0.4, -0.2) is 17.3 Å². The van der Waals surface area contributed by atoms with Crippen LogP contribution >= 0.6 is 0 Å². The van der Waals surface area contributed by atoms with E-state index in [1.807, 2.05) is 24.3 Å². The molecule has 2 aromatic rings. The molecule has 3 nitrogen and oxygen atoms in total. The maximum atomic E-state index is 5.15. The lowest BCUT2D eigenvalue weighted by Gasteiger charge is -2.23. The Labute approximate surface area is 101 Å². The van der Waals surface area contributed by atoms with Crippen LogP contribution in [0.3, 0.4) is 0 Å². The molecule has 1 N–H and O–H groups in total. The quantitative estimate of drug-likeness (QED) is 0.874. The minimum Gasteiger partial charge on any atom is -0.497 e. The molecule has 3 heteroatoms. The monoisotopic (exact) mass is 228 g/mol. The Morgan fingerprint density at radius 1 is 1.24 bits per heavy atom. The first-order valence-corrected chi connectivity index (χ1v) is 6.06. The molecule has 0 saturated heterocycles. The average Bonchev–Trinajstić information content (AvgIpc) is 2.76. The van der Waals surface area contributed by atoms with Crippen molar-refractivity contribution in [2.75, 3.05) is 7.11 Å². The van der Waals surface area contributed by atoms with Crippen LogP contribution in [0.2, 0.25) is 0 Å². The van der Waals surface area contributed by atoms with Crippen LogP contribution in [0.1, 0.15) is 30.9 Å². The number of hydrogen-bond donors (Lipinski definition) is 1. The molecule has 1 saturated carbocycles. The van der Waals surface area contributed by atoms with Gasteiger partial charge in [-0.1, -0.05) is 6.42 Å². The van der Waals surface area contributed by atoms with Crippen molar-refractivity contribution in [3.8, 4) is 17.0 Å². The number of H-pyrrole nitrogens is 1. The zero-order valence-electron chi connectivity index (χ0n) is 9.94. The van der Waals surface area contributed by atoms with E-state index in [0.717, 1.165) is 17.0 Å². The van der Waals surface area contributed by atoms with Gasteiger partial charge in [0.05, 0.1) is 12.8 Å². The van der Waals surface area contributed by atoms with E-state index in [9.17, 15) is 0 Å². The number of nitrogens with one attached hydrogen (secondary N) is 1. The highest BCUT2D eigenvalue weighted by molar-refractivity contribution is 5.60. The second-order valence-corrected chi connectivity index (χ2v) is 4.56. The summed E-state index contributed by atoms with van der Waals surface area (Å²) in [6.07, 6.45) is 3.94. The van der Waals surface area contributed by atoms with Gasteiger partial charge >= 0.3 is 0 Å². The summed E-state index contributed by atoms with van der Waals surface area (Å²) in [5.74, 6) is 1.58. The fraction of sp³-hybridized carbons (Fsp3) is 0.357. The van der Waals surface area contributed by atoms with Gasteiger partial charge in [0.2, 0.25) is 0 Å². The first kappa shape index (κ1) is 10.4. The molecule has 3 rings (SSSR count). The Balaban J connectivity index is 1.84. The van der Waals surface area contributed by atoms with Crippen LogP contribution < -0.4 is 4.74 Å². The van der Waals surface area contributed by atoms with Gasteiger partial charge in [-0.2, -0.15) is 5.10 Å². The normalized spacial score (nSPS) is 15.6. The van der Waals surface area contributed by atoms with Crippen LogP contribution in [-0.2, 0) is 0 Å². The third-order valence-corrected chi connectivity index (χ3v) is 3.53. The second kappa shape index (κ2) is 4.24. The number of rotatable bonds is 3. The van der Waals surface area contributed by atoms with Crippen LogP contribution in [0.5, 0.6) is 5.75 Å². The molecule has 1 aromatic heterocycles. The molecule has 0 unspecified atom stereocenters. The molecule has 0 bridgehead atoms. The summed E-state index contributed by atoms with van der Waals surface area (Å²) in [6, 6.07) is 10.2. The summed E-state index contributed by atoms with van der Waals surface area (Å²) in [5.41, 5.74) is 3.43. The summed E-state index contributed by atoms with van der Waals surface area (Å²) < 4.78 is 5.15. The number of ether oxygens (including phenoxy) is 1. The van der Waals surface area contributed by atoms with Crippen molar-refractivity contribution < 1.29 is 4.74 Å². The molecule has 0 amide bonds. The predicted molar refractivity (Wildman–Crippen MR) is 67.2 cm³/mol. The molecular formula is C14H16N2O. The van der Waals surface area contributed by atoms with Crippen molar-refractivity contribution in [1.29, 1.82) is 0 Å². The zero-order chi connectivity index (χ0) is 11.7. The van der Waals surface area contributed by atoms with Gasteiger partial charge in [-0.05, 0) is 43.2 Å². The molecule has 0 spiro atoms. The highest BCUT2D eigenvalue weighted by Gasteiger charge is 2.21. The van der Waals surface area contributed by atoms with Gasteiger partial charge in [-0.25, -0.2) is 0 Å². The summed E-state index contributed by atoms with van der Waals surface area (Å²) >= 11 is 0. The lowest BCUT2D eigenvalue weighted by molar-refractivity contribution is 0.410.